The molecule has 106 valence electrons. The highest BCUT2D eigenvalue weighted by molar-refractivity contribution is 5.78. The highest BCUT2D eigenvalue weighted by Gasteiger charge is 2.30. The number of benzene rings is 1. The summed E-state index contributed by atoms with van der Waals surface area (Å²) in [5.74, 6) is -0.171. The van der Waals surface area contributed by atoms with Crippen LogP contribution in [0.25, 0.3) is 0 Å². The lowest BCUT2D eigenvalue weighted by Gasteiger charge is -2.21. The molecule has 1 unspecified atom stereocenters. The van der Waals surface area contributed by atoms with Crippen LogP contribution in [0, 0.1) is 5.92 Å². The summed E-state index contributed by atoms with van der Waals surface area (Å²) >= 11 is 0. The van der Waals surface area contributed by atoms with Crippen molar-refractivity contribution in [3.8, 4) is 0 Å². The van der Waals surface area contributed by atoms with Gasteiger partial charge in [-0.1, -0.05) is 26.0 Å². The largest absolute Gasteiger partial charge is 0.416 e. The van der Waals surface area contributed by atoms with Crippen molar-refractivity contribution in [2.45, 2.75) is 33.0 Å². The Morgan fingerprint density at radius 3 is 2.53 bits per heavy atom. The molecule has 0 aromatic heterocycles. The Morgan fingerprint density at radius 1 is 1.37 bits per heavy atom. The zero-order valence-electron chi connectivity index (χ0n) is 11.3. The van der Waals surface area contributed by atoms with Crippen LogP contribution in [0.4, 0.5) is 13.2 Å². The molecule has 1 amide bonds. The number of alkyl halides is 3. The summed E-state index contributed by atoms with van der Waals surface area (Å²) in [6.45, 7) is 3.90. The van der Waals surface area contributed by atoms with Gasteiger partial charge in [-0.2, -0.15) is 13.2 Å². The molecule has 0 N–H and O–H groups in total. The van der Waals surface area contributed by atoms with Gasteiger partial charge < -0.3 is 4.90 Å². The zero-order chi connectivity index (χ0) is 14.6. The quantitative estimate of drug-likeness (QED) is 0.819. The van der Waals surface area contributed by atoms with Crippen LogP contribution in [-0.2, 0) is 17.5 Å². The van der Waals surface area contributed by atoms with E-state index in [0.29, 0.717) is 12.0 Å². The number of carbonyl (C=O) groups is 1. The summed E-state index contributed by atoms with van der Waals surface area (Å²) in [5.41, 5.74) is -0.205. The van der Waals surface area contributed by atoms with Gasteiger partial charge in [0.05, 0.1) is 5.56 Å². The van der Waals surface area contributed by atoms with Crippen molar-refractivity contribution in [1.29, 1.82) is 0 Å². The number of hydrogen-bond acceptors (Lipinski definition) is 1. The van der Waals surface area contributed by atoms with Gasteiger partial charge in [0.1, 0.15) is 0 Å². The summed E-state index contributed by atoms with van der Waals surface area (Å²) in [6.07, 6.45) is -3.64. The lowest BCUT2D eigenvalue weighted by Crippen LogP contribution is -2.31. The summed E-state index contributed by atoms with van der Waals surface area (Å²) in [4.78, 5) is 13.3. The number of carbonyl (C=O) groups excluding carboxylic acids is 1. The maximum atomic E-state index is 12.6. The van der Waals surface area contributed by atoms with Crippen LogP contribution in [0.5, 0.6) is 0 Å². The van der Waals surface area contributed by atoms with Crippen molar-refractivity contribution in [3.05, 3.63) is 35.4 Å². The van der Waals surface area contributed by atoms with Crippen molar-refractivity contribution in [2.75, 3.05) is 7.05 Å². The van der Waals surface area contributed by atoms with E-state index in [1.165, 1.54) is 11.0 Å². The highest BCUT2D eigenvalue weighted by Crippen LogP contribution is 2.29. The molecular formula is C14H18F3NO. The highest BCUT2D eigenvalue weighted by atomic mass is 19.4. The number of hydrogen-bond donors (Lipinski definition) is 0. The zero-order valence-corrected chi connectivity index (χ0v) is 11.3. The second-order valence-corrected chi connectivity index (χ2v) is 4.70. The predicted molar refractivity (Wildman–Crippen MR) is 67.4 cm³/mol. The Hall–Kier alpha value is -1.52. The topological polar surface area (TPSA) is 20.3 Å². The molecule has 1 aromatic rings. The summed E-state index contributed by atoms with van der Waals surface area (Å²) in [7, 11) is 1.61. The van der Waals surface area contributed by atoms with Crippen molar-refractivity contribution in [2.24, 2.45) is 5.92 Å². The van der Waals surface area contributed by atoms with E-state index in [-0.39, 0.29) is 18.4 Å². The van der Waals surface area contributed by atoms with Crippen LogP contribution in [0.3, 0.4) is 0 Å². The maximum Gasteiger partial charge on any atom is 0.416 e. The van der Waals surface area contributed by atoms with Crippen molar-refractivity contribution in [3.63, 3.8) is 0 Å². The second-order valence-electron chi connectivity index (χ2n) is 4.70. The molecule has 5 heteroatoms. The molecule has 1 aromatic carbocycles. The second kappa shape index (κ2) is 6.08. The SMILES string of the molecule is CCC(C)C(=O)N(C)Cc1cccc(C(F)(F)F)c1. The summed E-state index contributed by atoms with van der Waals surface area (Å²) in [6, 6.07) is 5.07. The molecule has 0 aliphatic heterocycles. The lowest BCUT2D eigenvalue weighted by molar-refractivity contribution is -0.137. The van der Waals surface area contributed by atoms with Crippen LogP contribution < -0.4 is 0 Å². The van der Waals surface area contributed by atoms with Crippen LogP contribution in [-0.4, -0.2) is 17.9 Å². The van der Waals surface area contributed by atoms with E-state index >= 15 is 0 Å². The van der Waals surface area contributed by atoms with E-state index in [0.717, 1.165) is 12.1 Å². The van der Waals surface area contributed by atoms with Gasteiger partial charge in [-0.15, -0.1) is 0 Å². The minimum absolute atomic E-state index is 0.0556. The fourth-order valence-electron chi connectivity index (χ4n) is 1.75. The first-order chi connectivity index (χ1) is 8.75. The fraction of sp³-hybridized carbons (Fsp3) is 0.500. The minimum Gasteiger partial charge on any atom is -0.341 e. The summed E-state index contributed by atoms with van der Waals surface area (Å²) in [5, 5.41) is 0. The van der Waals surface area contributed by atoms with E-state index < -0.39 is 11.7 Å². The number of nitrogens with zero attached hydrogens (tertiary/aromatic N) is 1. The van der Waals surface area contributed by atoms with Gasteiger partial charge in [-0.3, -0.25) is 4.79 Å². The van der Waals surface area contributed by atoms with Gasteiger partial charge in [0.15, 0.2) is 0 Å². The molecule has 0 spiro atoms. The third kappa shape index (κ3) is 4.26. The lowest BCUT2D eigenvalue weighted by atomic mass is 10.1. The molecular weight excluding hydrogens is 255 g/mol. The van der Waals surface area contributed by atoms with Gasteiger partial charge in [-0.25, -0.2) is 0 Å². The van der Waals surface area contributed by atoms with Crippen molar-refractivity contribution < 1.29 is 18.0 Å². The Kier molecular flexibility index (Phi) is 4.97. The molecule has 0 radical (unpaired) electrons. The van der Waals surface area contributed by atoms with Gasteiger partial charge in [-0.05, 0) is 24.1 Å². The first-order valence-corrected chi connectivity index (χ1v) is 6.16. The monoisotopic (exact) mass is 273 g/mol. The molecule has 0 saturated carbocycles. The number of amides is 1. The van der Waals surface area contributed by atoms with Gasteiger partial charge in [0.2, 0.25) is 5.91 Å². The molecule has 0 heterocycles. The van der Waals surface area contributed by atoms with E-state index in [9.17, 15) is 18.0 Å². The van der Waals surface area contributed by atoms with E-state index in [4.69, 9.17) is 0 Å². The first-order valence-electron chi connectivity index (χ1n) is 6.16. The van der Waals surface area contributed by atoms with Gasteiger partial charge in [0, 0.05) is 19.5 Å². The molecule has 19 heavy (non-hydrogen) atoms. The molecule has 2 nitrogen and oxygen atoms in total. The molecule has 0 aliphatic carbocycles. The van der Waals surface area contributed by atoms with E-state index in [2.05, 4.69) is 0 Å². The first kappa shape index (κ1) is 15.5. The van der Waals surface area contributed by atoms with Crippen LogP contribution in [0.2, 0.25) is 0 Å². The van der Waals surface area contributed by atoms with Crippen molar-refractivity contribution in [1.82, 2.24) is 4.90 Å². The van der Waals surface area contributed by atoms with Crippen LogP contribution in [0.15, 0.2) is 24.3 Å². The van der Waals surface area contributed by atoms with Gasteiger partial charge in [0.25, 0.3) is 0 Å². The molecule has 1 rings (SSSR count). The van der Waals surface area contributed by atoms with Gasteiger partial charge >= 0.3 is 6.18 Å². The standard InChI is InChI=1S/C14H18F3NO/c1-4-10(2)13(19)18(3)9-11-6-5-7-12(8-11)14(15,16)17/h5-8,10H,4,9H2,1-3H3. The Balaban J connectivity index is 2.80. The molecule has 0 bridgehead atoms. The van der Waals surface area contributed by atoms with E-state index in [1.807, 2.05) is 13.8 Å². The fourth-order valence-corrected chi connectivity index (χ4v) is 1.75. The normalized spacial score (nSPS) is 13.2. The average molecular weight is 273 g/mol. The van der Waals surface area contributed by atoms with Crippen molar-refractivity contribution >= 4 is 5.91 Å². The van der Waals surface area contributed by atoms with E-state index in [1.54, 1.807) is 13.1 Å². The maximum absolute atomic E-state index is 12.6. The molecule has 1 atom stereocenters. The predicted octanol–water partition coefficient (Wildman–Crippen LogP) is 3.71. The smallest absolute Gasteiger partial charge is 0.341 e. The van der Waals surface area contributed by atoms with Crippen LogP contribution >= 0.6 is 0 Å². The third-order valence-electron chi connectivity index (χ3n) is 3.08. The third-order valence-corrected chi connectivity index (χ3v) is 3.08. The minimum atomic E-state index is -4.35. The number of rotatable bonds is 4. The Labute approximate surface area is 111 Å². The molecule has 0 fully saturated rings. The summed E-state index contributed by atoms with van der Waals surface area (Å²) < 4.78 is 37.7. The Morgan fingerprint density at radius 2 is 2.00 bits per heavy atom. The number of halogens is 3. The Bertz CT molecular complexity index is 443. The average Bonchev–Trinajstić information content (AvgIpc) is 2.36. The molecule has 0 saturated heterocycles. The molecule has 0 aliphatic rings. The van der Waals surface area contributed by atoms with Crippen LogP contribution in [0.1, 0.15) is 31.4 Å².